The number of carbonyl (C=O) groups is 1. The van der Waals surface area contributed by atoms with E-state index >= 15 is 0 Å². The van der Waals surface area contributed by atoms with Crippen LogP contribution in [0.5, 0.6) is 0 Å². The van der Waals surface area contributed by atoms with Gasteiger partial charge >= 0.3 is 0 Å². The van der Waals surface area contributed by atoms with Gasteiger partial charge in [0.25, 0.3) is 5.91 Å². The number of hydrogen-bond acceptors (Lipinski definition) is 3. The third-order valence-electron chi connectivity index (χ3n) is 3.81. The molecule has 1 aromatic rings. The van der Waals surface area contributed by atoms with Crippen molar-refractivity contribution in [3.63, 3.8) is 0 Å². The lowest BCUT2D eigenvalue weighted by Gasteiger charge is -2.31. The number of aliphatic hydroxyl groups is 1. The van der Waals surface area contributed by atoms with Crippen molar-refractivity contribution in [2.45, 2.75) is 24.2 Å². The molecule has 2 N–H and O–H groups in total. The monoisotopic (exact) mass is 331 g/mol. The predicted octanol–water partition coefficient (Wildman–Crippen LogP) is 2.16. The second-order valence-corrected chi connectivity index (χ2v) is 6.49. The number of likely N-dealkylation sites (tertiary alicyclic amines) is 1. The molecule has 0 bridgehead atoms. The number of benzene rings is 1. The Kier molecular flexibility index (Phi) is 5.75. The Morgan fingerprint density at radius 2 is 2.05 bits per heavy atom. The molecule has 1 amide bonds. The van der Waals surface area contributed by atoms with E-state index in [4.69, 9.17) is 21.3 Å². The van der Waals surface area contributed by atoms with Crippen molar-refractivity contribution in [1.82, 2.24) is 4.90 Å². The van der Waals surface area contributed by atoms with Crippen LogP contribution in [0, 0.1) is 5.92 Å². The molecule has 1 saturated heterocycles. The van der Waals surface area contributed by atoms with E-state index in [2.05, 4.69) is 0 Å². The van der Waals surface area contributed by atoms with Crippen molar-refractivity contribution in [1.29, 1.82) is 0 Å². The number of aliphatic hydroxyl groups excluding tert-OH is 1. The molecule has 1 aliphatic heterocycles. The van der Waals surface area contributed by atoms with Crippen LogP contribution in [0.2, 0.25) is 5.02 Å². The van der Waals surface area contributed by atoms with Gasteiger partial charge in [-0.15, -0.1) is 0 Å². The van der Waals surface area contributed by atoms with Crippen molar-refractivity contribution in [2.75, 3.05) is 19.7 Å². The number of nitrogens with zero attached hydrogens (tertiary/aromatic N) is 1. The summed E-state index contributed by atoms with van der Waals surface area (Å²) in [4.78, 5) is 14.2. The molecule has 116 valence electrons. The SMILES string of the molecule is O=C(c1ccc(Cl)c(S(=O)O)c1)N1CCC(CCO)CC1. The summed E-state index contributed by atoms with van der Waals surface area (Å²) in [7, 11) is 0. The van der Waals surface area contributed by atoms with Crippen molar-refractivity contribution in [2.24, 2.45) is 5.92 Å². The minimum Gasteiger partial charge on any atom is -0.396 e. The van der Waals surface area contributed by atoms with Crippen LogP contribution in [0.1, 0.15) is 29.6 Å². The van der Waals surface area contributed by atoms with Gasteiger partial charge in [-0.3, -0.25) is 4.79 Å². The fourth-order valence-corrected chi connectivity index (χ4v) is 3.34. The Morgan fingerprint density at radius 1 is 1.38 bits per heavy atom. The van der Waals surface area contributed by atoms with E-state index in [9.17, 15) is 9.00 Å². The molecule has 1 heterocycles. The number of rotatable bonds is 4. The minimum absolute atomic E-state index is 0.0534. The van der Waals surface area contributed by atoms with Crippen molar-refractivity contribution >= 4 is 28.6 Å². The van der Waals surface area contributed by atoms with Gasteiger partial charge in [0.15, 0.2) is 11.1 Å². The van der Waals surface area contributed by atoms with Gasteiger partial charge in [0.1, 0.15) is 0 Å². The van der Waals surface area contributed by atoms with Gasteiger partial charge in [-0.1, -0.05) is 11.6 Å². The summed E-state index contributed by atoms with van der Waals surface area (Å²) < 4.78 is 20.3. The van der Waals surface area contributed by atoms with E-state index in [0.29, 0.717) is 24.6 Å². The van der Waals surface area contributed by atoms with Crippen LogP contribution in [0.3, 0.4) is 0 Å². The van der Waals surface area contributed by atoms with Crippen LogP contribution >= 0.6 is 11.6 Å². The molecule has 7 heteroatoms. The van der Waals surface area contributed by atoms with Gasteiger partial charge in [-0.25, -0.2) is 4.21 Å². The minimum atomic E-state index is -2.21. The molecular weight excluding hydrogens is 314 g/mol. The van der Waals surface area contributed by atoms with E-state index in [0.717, 1.165) is 19.3 Å². The Bertz CT molecular complexity index is 544. The Balaban J connectivity index is 2.07. The molecule has 1 fully saturated rings. The first-order valence-corrected chi connectivity index (χ1v) is 8.32. The summed E-state index contributed by atoms with van der Waals surface area (Å²) in [5.41, 5.74) is 0.373. The molecule has 0 radical (unpaired) electrons. The zero-order valence-corrected chi connectivity index (χ0v) is 13.1. The third-order valence-corrected chi connectivity index (χ3v) is 4.96. The zero-order chi connectivity index (χ0) is 15.4. The first-order chi connectivity index (χ1) is 10.0. The van der Waals surface area contributed by atoms with Crippen molar-refractivity contribution in [3.8, 4) is 0 Å². The molecule has 0 aromatic heterocycles. The lowest BCUT2D eigenvalue weighted by atomic mass is 9.93. The Morgan fingerprint density at radius 3 is 2.62 bits per heavy atom. The fourth-order valence-electron chi connectivity index (χ4n) is 2.56. The van der Waals surface area contributed by atoms with Crippen LogP contribution in [-0.2, 0) is 11.1 Å². The summed E-state index contributed by atoms with van der Waals surface area (Å²) in [6, 6.07) is 4.41. The predicted molar refractivity (Wildman–Crippen MR) is 80.8 cm³/mol. The number of hydrogen-bond donors (Lipinski definition) is 2. The topological polar surface area (TPSA) is 77.8 Å². The van der Waals surface area contributed by atoms with Gasteiger partial charge in [-0.05, 0) is 43.4 Å². The number of halogens is 1. The molecule has 1 aromatic carbocycles. The number of piperidine rings is 1. The lowest BCUT2D eigenvalue weighted by molar-refractivity contribution is 0.0678. The molecule has 0 aliphatic carbocycles. The molecule has 21 heavy (non-hydrogen) atoms. The van der Waals surface area contributed by atoms with E-state index in [1.165, 1.54) is 12.1 Å². The van der Waals surface area contributed by atoms with Gasteiger partial charge in [0.05, 0.1) is 9.92 Å². The van der Waals surface area contributed by atoms with E-state index in [1.54, 1.807) is 11.0 Å². The molecule has 1 atom stereocenters. The second kappa shape index (κ2) is 7.35. The first kappa shape index (κ1) is 16.4. The molecular formula is C14H18ClNO4S. The average molecular weight is 332 g/mol. The summed E-state index contributed by atoms with van der Waals surface area (Å²) in [6.45, 7) is 1.47. The van der Waals surface area contributed by atoms with Crippen LogP contribution in [0.25, 0.3) is 0 Å². The fraction of sp³-hybridized carbons (Fsp3) is 0.500. The first-order valence-electron chi connectivity index (χ1n) is 6.83. The average Bonchev–Trinajstić information content (AvgIpc) is 2.48. The highest BCUT2D eigenvalue weighted by Crippen LogP contribution is 2.24. The highest BCUT2D eigenvalue weighted by atomic mass is 35.5. The van der Waals surface area contributed by atoms with E-state index < -0.39 is 11.1 Å². The summed E-state index contributed by atoms with van der Waals surface area (Å²) >= 11 is 3.62. The highest BCUT2D eigenvalue weighted by molar-refractivity contribution is 7.79. The maximum atomic E-state index is 12.4. The van der Waals surface area contributed by atoms with Crippen LogP contribution in [0.15, 0.2) is 23.1 Å². The molecule has 0 saturated carbocycles. The van der Waals surface area contributed by atoms with Crippen LogP contribution in [-0.4, -0.2) is 44.4 Å². The summed E-state index contributed by atoms with van der Waals surface area (Å²) in [5.74, 6) is 0.311. The lowest BCUT2D eigenvalue weighted by Crippen LogP contribution is -2.38. The van der Waals surface area contributed by atoms with E-state index in [-0.39, 0.29) is 22.4 Å². The standard InChI is InChI=1S/C14H18ClNO4S/c15-12-2-1-11(9-13(12)21(19)20)14(18)16-6-3-10(4-7-16)5-8-17/h1-2,9-10,17H,3-8H2,(H,19,20). The third kappa shape index (κ3) is 4.03. The van der Waals surface area contributed by atoms with E-state index in [1.807, 2.05) is 0 Å². The quantitative estimate of drug-likeness (QED) is 0.829. The number of carbonyl (C=O) groups excluding carboxylic acids is 1. The smallest absolute Gasteiger partial charge is 0.253 e. The summed E-state index contributed by atoms with van der Waals surface area (Å²) in [5, 5.41) is 9.11. The molecule has 0 spiro atoms. The normalized spacial score (nSPS) is 17.8. The van der Waals surface area contributed by atoms with Gasteiger partial charge < -0.3 is 14.6 Å². The highest BCUT2D eigenvalue weighted by Gasteiger charge is 2.24. The maximum absolute atomic E-state index is 12.4. The van der Waals surface area contributed by atoms with Gasteiger partial charge in [0.2, 0.25) is 0 Å². The maximum Gasteiger partial charge on any atom is 0.253 e. The molecule has 2 rings (SSSR count). The second-order valence-electron chi connectivity index (χ2n) is 5.14. The van der Waals surface area contributed by atoms with Crippen molar-refractivity contribution in [3.05, 3.63) is 28.8 Å². The molecule has 5 nitrogen and oxygen atoms in total. The largest absolute Gasteiger partial charge is 0.396 e. The zero-order valence-electron chi connectivity index (χ0n) is 11.5. The van der Waals surface area contributed by atoms with Gasteiger partial charge in [0, 0.05) is 25.3 Å². The molecule has 1 unspecified atom stereocenters. The Hall–Kier alpha value is -0.950. The van der Waals surface area contributed by atoms with Crippen molar-refractivity contribution < 1.29 is 18.7 Å². The Labute approximate surface area is 131 Å². The molecule has 1 aliphatic rings. The summed E-state index contributed by atoms with van der Waals surface area (Å²) in [6.07, 6.45) is 2.52. The van der Waals surface area contributed by atoms with Gasteiger partial charge in [-0.2, -0.15) is 0 Å². The number of amides is 1. The van der Waals surface area contributed by atoms with Crippen LogP contribution in [0.4, 0.5) is 0 Å². The van der Waals surface area contributed by atoms with Crippen LogP contribution < -0.4 is 0 Å².